The van der Waals surface area contributed by atoms with Crippen LogP contribution >= 0.6 is 0 Å². The third-order valence-corrected chi connectivity index (χ3v) is 13.4. The lowest BCUT2D eigenvalue weighted by molar-refractivity contribution is 0.144. The van der Waals surface area contributed by atoms with E-state index in [1.165, 1.54) is 0 Å². The van der Waals surface area contributed by atoms with Gasteiger partial charge >= 0.3 is 12.2 Å². The molecule has 72 heavy (non-hydrogen) atoms. The number of para-hydroxylation sites is 2. The van der Waals surface area contributed by atoms with E-state index in [-0.39, 0.29) is 13.2 Å². The van der Waals surface area contributed by atoms with Gasteiger partial charge in [-0.2, -0.15) is 10.5 Å². The molecule has 12 nitrogen and oxygen atoms in total. The van der Waals surface area contributed by atoms with E-state index in [1.54, 1.807) is 22.2 Å². The Labute approximate surface area is 415 Å². The highest BCUT2D eigenvalue weighted by Gasteiger charge is 2.32. The van der Waals surface area contributed by atoms with Gasteiger partial charge in [0.25, 0.3) is 0 Å². The number of benzene rings is 6. The van der Waals surface area contributed by atoms with Crippen LogP contribution in [0.3, 0.4) is 0 Å². The average Bonchev–Trinajstić information content (AvgIpc) is 3.42. The van der Waals surface area contributed by atoms with Gasteiger partial charge in [-0.25, -0.2) is 19.4 Å². The van der Waals surface area contributed by atoms with Gasteiger partial charge < -0.3 is 9.47 Å². The number of pyridine rings is 4. The Hall–Kier alpha value is -9.52. The van der Waals surface area contributed by atoms with Crippen LogP contribution in [-0.4, -0.2) is 32.1 Å². The van der Waals surface area contributed by atoms with E-state index in [2.05, 4.69) is 56.3 Å². The van der Waals surface area contributed by atoms with E-state index in [0.717, 1.165) is 99.5 Å². The number of aromatic nitrogens is 4. The Morgan fingerprint density at radius 3 is 1.25 bits per heavy atom. The second-order valence-corrected chi connectivity index (χ2v) is 18.9. The molecule has 0 bridgehead atoms. The second-order valence-electron chi connectivity index (χ2n) is 18.9. The number of nitrogens with zero attached hydrogens (tertiary/aromatic N) is 8. The van der Waals surface area contributed by atoms with Gasteiger partial charge in [0.15, 0.2) is 0 Å². The molecule has 0 spiro atoms. The highest BCUT2D eigenvalue weighted by Crippen LogP contribution is 2.43. The first-order valence-electron chi connectivity index (χ1n) is 23.4. The van der Waals surface area contributed by atoms with Crippen molar-refractivity contribution in [3.05, 3.63) is 193 Å². The summed E-state index contributed by atoms with van der Waals surface area (Å²) in [6.45, 7) is 7.80. The maximum Gasteiger partial charge on any atom is 0.419 e. The highest BCUT2D eigenvalue weighted by atomic mass is 16.6. The van der Waals surface area contributed by atoms with E-state index in [4.69, 9.17) is 9.47 Å². The summed E-state index contributed by atoms with van der Waals surface area (Å²) < 4.78 is 11.0. The molecular weight excluding hydrogens is 897 g/mol. The summed E-state index contributed by atoms with van der Waals surface area (Å²) in [5, 5.41) is 22.8. The van der Waals surface area contributed by atoms with Crippen LogP contribution in [0.25, 0.3) is 65.9 Å². The summed E-state index contributed by atoms with van der Waals surface area (Å²) in [6, 6.07) is 52.0. The first-order valence-corrected chi connectivity index (χ1v) is 23.4. The number of anilines is 4. The minimum absolute atomic E-state index is 0.162. The molecule has 12 heteroatoms. The molecule has 0 radical (unpaired) electrons. The van der Waals surface area contributed by atoms with E-state index < -0.39 is 23.0 Å². The lowest BCUT2D eigenvalue weighted by Crippen LogP contribution is -2.32. The molecule has 6 aromatic carbocycles. The van der Waals surface area contributed by atoms with Crippen LogP contribution in [0, 0.1) is 22.7 Å². The monoisotopic (exact) mass is 940 g/mol. The highest BCUT2D eigenvalue weighted by molar-refractivity contribution is 6.10. The smallest absolute Gasteiger partial charge is 0.419 e. The molecular formula is C60H44N8O4. The molecule has 2 aliphatic rings. The zero-order chi connectivity index (χ0) is 49.7. The van der Waals surface area contributed by atoms with Gasteiger partial charge in [-0.1, -0.05) is 72.8 Å². The van der Waals surface area contributed by atoms with Crippen molar-refractivity contribution in [2.45, 2.75) is 51.7 Å². The van der Waals surface area contributed by atoms with Crippen molar-refractivity contribution >= 4 is 78.5 Å². The number of fused-ring (bicyclic) bond motifs is 8. The molecule has 4 aromatic heterocycles. The van der Waals surface area contributed by atoms with Gasteiger partial charge in [-0.3, -0.25) is 19.9 Å². The fraction of sp³-hybridized carbons (Fsp3) is 0.133. The Kier molecular flexibility index (Phi) is 11.1. The molecule has 12 rings (SSSR count). The molecule has 0 fully saturated rings. The molecule has 0 saturated heterocycles. The fourth-order valence-corrected chi connectivity index (χ4v) is 9.24. The Balaban J connectivity index is 0.000000156. The van der Waals surface area contributed by atoms with Crippen LogP contribution in [0.2, 0.25) is 0 Å². The molecule has 0 unspecified atom stereocenters. The zero-order valence-electron chi connectivity index (χ0n) is 39.8. The third-order valence-electron chi connectivity index (χ3n) is 13.4. The van der Waals surface area contributed by atoms with Crippen molar-refractivity contribution in [1.82, 2.24) is 19.9 Å². The Morgan fingerprint density at radius 1 is 0.458 bits per heavy atom. The van der Waals surface area contributed by atoms with Gasteiger partial charge in [0.2, 0.25) is 0 Å². The number of nitriles is 2. The van der Waals surface area contributed by atoms with Crippen LogP contribution in [-0.2, 0) is 33.5 Å². The molecule has 0 atom stereocenters. The first kappa shape index (κ1) is 45.0. The van der Waals surface area contributed by atoms with Gasteiger partial charge in [-0.05, 0) is 123 Å². The molecule has 0 saturated carbocycles. The van der Waals surface area contributed by atoms with Crippen LogP contribution < -0.4 is 9.80 Å². The maximum absolute atomic E-state index is 13.1. The molecule has 10 aromatic rings. The molecule has 0 N–H and O–H groups in total. The Bertz CT molecular complexity index is 3660. The van der Waals surface area contributed by atoms with Gasteiger partial charge in [0, 0.05) is 68.6 Å². The molecule has 0 aliphatic carbocycles. The van der Waals surface area contributed by atoms with E-state index in [0.29, 0.717) is 11.4 Å². The van der Waals surface area contributed by atoms with E-state index in [1.807, 2.05) is 161 Å². The van der Waals surface area contributed by atoms with Gasteiger partial charge in [0.1, 0.15) is 13.2 Å². The number of rotatable bonds is 6. The predicted octanol–water partition coefficient (Wildman–Crippen LogP) is 14.1. The molecule has 2 amide bonds. The van der Waals surface area contributed by atoms with Gasteiger partial charge in [0.05, 0.1) is 67.8 Å². The molecule has 348 valence electrons. The van der Waals surface area contributed by atoms with E-state index >= 15 is 0 Å². The number of hydrogen-bond donors (Lipinski definition) is 0. The quantitative estimate of drug-likeness (QED) is 0.157. The lowest BCUT2D eigenvalue weighted by atomic mass is 9.86. The number of amides is 2. The lowest BCUT2D eigenvalue weighted by Gasteiger charge is -2.30. The predicted molar refractivity (Wildman–Crippen MR) is 280 cm³/mol. The molecule has 2 aliphatic heterocycles. The number of carbonyl (C=O) groups excluding carboxylic acids is 2. The summed E-state index contributed by atoms with van der Waals surface area (Å²) in [7, 11) is 0. The standard InChI is InChI=1S/2C30H22N4O2/c2*1-30(2,18-31)23-8-10-24(11-9-23)34-28-22(17-36-29(34)35)16-33-27-12-7-19(14-25(27)28)21-13-20-5-3-4-6-26(20)32-15-21/h2*3-16H,17H2,1-2H3. The van der Waals surface area contributed by atoms with Gasteiger partial charge in [-0.15, -0.1) is 0 Å². The largest absolute Gasteiger partial charge is 0.444 e. The topological polar surface area (TPSA) is 158 Å². The van der Waals surface area contributed by atoms with Crippen molar-refractivity contribution in [3.8, 4) is 34.4 Å². The summed E-state index contributed by atoms with van der Waals surface area (Å²) in [5.74, 6) is 0. The van der Waals surface area contributed by atoms with Crippen LogP contribution in [0.1, 0.15) is 49.9 Å². The normalized spacial score (nSPS) is 13.4. The fourth-order valence-electron chi connectivity index (χ4n) is 9.24. The maximum atomic E-state index is 13.1. The number of carbonyl (C=O) groups is 2. The molecule has 6 heterocycles. The second kappa shape index (κ2) is 17.8. The summed E-state index contributed by atoms with van der Waals surface area (Å²) in [5.41, 5.74) is 12.4. The average molecular weight is 941 g/mol. The van der Waals surface area contributed by atoms with Crippen LogP contribution in [0.4, 0.5) is 32.3 Å². The zero-order valence-corrected chi connectivity index (χ0v) is 39.8. The SMILES string of the molecule is CC(C)(C#N)c1ccc(N2C(=O)OCc3cnc4ccc(-c5cnc6ccccc6c5)cc4c32)cc1.CC(C)(C#N)c1ccc(N2C(=O)OCc3cnc4ccc(-c5cnc6ccccc6c5)cc4c32)cc1. The summed E-state index contributed by atoms with van der Waals surface area (Å²) in [4.78, 5) is 47.8. The van der Waals surface area contributed by atoms with Crippen molar-refractivity contribution in [2.24, 2.45) is 0 Å². The van der Waals surface area contributed by atoms with Crippen LogP contribution in [0.15, 0.2) is 170 Å². The number of ether oxygens (including phenoxy) is 2. The summed E-state index contributed by atoms with van der Waals surface area (Å²) in [6.07, 6.45) is 6.38. The van der Waals surface area contributed by atoms with Crippen molar-refractivity contribution in [2.75, 3.05) is 9.80 Å². The first-order chi connectivity index (χ1) is 34.9. The van der Waals surface area contributed by atoms with E-state index in [9.17, 15) is 20.1 Å². The summed E-state index contributed by atoms with van der Waals surface area (Å²) >= 11 is 0. The minimum atomic E-state index is -0.627. The van der Waals surface area contributed by atoms with Crippen molar-refractivity contribution in [3.63, 3.8) is 0 Å². The minimum Gasteiger partial charge on any atom is -0.444 e. The third kappa shape index (κ3) is 8.11. The Morgan fingerprint density at radius 2 is 0.847 bits per heavy atom. The van der Waals surface area contributed by atoms with Crippen LogP contribution in [0.5, 0.6) is 0 Å². The van der Waals surface area contributed by atoms with Crippen molar-refractivity contribution in [1.29, 1.82) is 10.5 Å². The number of hydrogen-bond acceptors (Lipinski definition) is 10. The van der Waals surface area contributed by atoms with Crippen molar-refractivity contribution < 1.29 is 19.1 Å². The number of cyclic esters (lactones) is 2.